The Bertz CT molecular complexity index is 968. The highest BCUT2D eigenvalue weighted by atomic mass is 19.1. The first kappa shape index (κ1) is 26.0. The number of Topliss-reactive ketones (excluding diaryl/α,β-unsaturated/α-hetero) is 1. The molecule has 0 aromatic heterocycles. The zero-order valence-electron chi connectivity index (χ0n) is 22.5. The minimum atomic E-state index is -0.399. The summed E-state index contributed by atoms with van der Waals surface area (Å²) in [4.78, 5) is 13.6. The van der Waals surface area contributed by atoms with Crippen molar-refractivity contribution in [3.8, 4) is 0 Å². The number of methoxy groups -OCH3 is 1. The number of nitrogen functional groups attached to an aromatic ring is 1. The minimum Gasteiger partial charge on any atom is -0.397 e. The lowest BCUT2D eigenvalue weighted by atomic mass is 9.43. The maximum atomic E-state index is 13.6. The van der Waals surface area contributed by atoms with E-state index in [9.17, 15) is 9.18 Å². The molecule has 200 valence electrons. The number of ether oxygens (including phenoxy) is 1. The quantitative estimate of drug-likeness (QED) is 0.274. The van der Waals surface area contributed by atoms with Gasteiger partial charge in [0.1, 0.15) is 5.82 Å². The standard InChI is InChI=1S/C30H46FN3O2/c1-19-10-13-30(14-15-36-3)20(16-19)4-6-22-23-7-8-25(29(23,2)12-11-24(22)30)28(35)18-34(33)27-9-5-21(31)17-26(27)32/h5,9,17,19-20,22-25H,4,6-8,10-16,18,32-33H2,1-3H3/t19-,20+,22-,23?,24-,25+,29-,30+/m0/s1. The number of nitrogens with two attached hydrogens (primary N) is 2. The van der Waals surface area contributed by atoms with Gasteiger partial charge >= 0.3 is 0 Å². The monoisotopic (exact) mass is 499 g/mol. The summed E-state index contributed by atoms with van der Waals surface area (Å²) in [5.74, 6) is 9.93. The van der Waals surface area contributed by atoms with Crippen LogP contribution in [0.4, 0.5) is 15.8 Å². The third kappa shape index (κ3) is 4.26. The van der Waals surface area contributed by atoms with Crippen LogP contribution in [0.2, 0.25) is 0 Å². The third-order valence-corrected chi connectivity index (χ3v) is 11.4. The average Bonchev–Trinajstić information content (AvgIpc) is 3.20. The van der Waals surface area contributed by atoms with Gasteiger partial charge in [0.25, 0.3) is 0 Å². The number of halogens is 1. The van der Waals surface area contributed by atoms with E-state index in [1.54, 1.807) is 6.07 Å². The molecule has 0 heterocycles. The number of hydrazine groups is 1. The fraction of sp³-hybridized carbons (Fsp3) is 0.767. The average molecular weight is 500 g/mol. The van der Waals surface area contributed by atoms with Gasteiger partial charge in [0, 0.05) is 19.6 Å². The molecule has 0 aliphatic heterocycles. The number of rotatable bonds is 7. The molecule has 0 bridgehead atoms. The molecule has 4 fully saturated rings. The molecule has 5 nitrogen and oxygen atoms in total. The molecule has 0 amide bonds. The van der Waals surface area contributed by atoms with Crippen LogP contribution in [0.15, 0.2) is 18.2 Å². The van der Waals surface area contributed by atoms with E-state index in [1.165, 1.54) is 62.1 Å². The molecule has 0 saturated heterocycles. The Labute approximate surface area is 216 Å². The maximum Gasteiger partial charge on any atom is 0.157 e. The highest BCUT2D eigenvalue weighted by Crippen LogP contribution is 2.68. The number of ketones is 1. The van der Waals surface area contributed by atoms with E-state index in [0.29, 0.717) is 17.0 Å². The Morgan fingerprint density at radius 3 is 2.69 bits per heavy atom. The maximum absolute atomic E-state index is 13.6. The largest absolute Gasteiger partial charge is 0.397 e. The van der Waals surface area contributed by atoms with Gasteiger partial charge in [0.05, 0.1) is 17.9 Å². The van der Waals surface area contributed by atoms with Crippen LogP contribution >= 0.6 is 0 Å². The summed E-state index contributed by atoms with van der Waals surface area (Å²) in [6, 6.07) is 4.16. The number of benzene rings is 1. The van der Waals surface area contributed by atoms with Crippen LogP contribution < -0.4 is 16.6 Å². The van der Waals surface area contributed by atoms with Gasteiger partial charge in [-0.1, -0.05) is 20.3 Å². The molecule has 6 heteroatoms. The molecule has 0 spiro atoms. The van der Waals surface area contributed by atoms with Gasteiger partial charge in [0.15, 0.2) is 5.78 Å². The Balaban J connectivity index is 1.33. The van der Waals surface area contributed by atoms with E-state index in [0.717, 1.165) is 49.5 Å². The summed E-state index contributed by atoms with van der Waals surface area (Å²) in [7, 11) is 1.85. The van der Waals surface area contributed by atoms with Gasteiger partial charge in [-0.05, 0) is 116 Å². The molecule has 0 radical (unpaired) electrons. The lowest BCUT2D eigenvalue weighted by Crippen LogP contribution is -2.55. The number of hydrogen-bond donors (Lipinski definition) is 2. The molecular weight excluding hydrogens is 453 g/mol. The highest BCUT2D eigenvalue weighted by Gasteiger charge is 2.62. The summed E-state index contributed by atoms with van der Waals surface area (Å²) in [5.41, 5.74) is 7.24. The van der Waals surface area contributed by atoms with Crippen LogP contribution in [0.1, 0.15) is 78.1 Å². The number of hydrogen-bond acceptors (Lipinski definition) is 5. The second-order valence-corrected chi connectivity index (χ2v) is 13.0. The van der Waals surface area contributed by atoms with Crippen LogP contribution in [0.25, 0.3) is 0 Å². The van der Waals surface area contributed by atoms with Gasteiger partial charge in [-0.3, -0.25) is 4.79 Å². The first-order valence-corrected chi connectivity index (χ1v) is 14.3. The van der Waals surface area contributed by atoms with Crippen molar-refractivity contribution in [1.82, 2.24) is 0 Å². The normalized spacial score (nSPS) is 39.7. The van der Waals surface area contributed by atoms with Crippen molar-refractivity contribution >= 4 is 17.2 Å². The second-order valence-electron chi connectivity index (χ2n) is 13.0. The first-order chi connectivity index (χ1) is 17.2. The second kappa shape index (κ2) is 9.90. The number of carbonyl (C=O) groups excluding carboxylic acids is 1. The van der Waals surface area contributed by atoms with Crippen molar-refractivity contribution in [2.24, 2.45) is 52.2 Å². The summed E-state index contributed by atoms with van der Waals surface area (Å²) >= 11 is 0. The molecule has 5 rings (SSSR count). The fourth-order valence-corrected chi connectivity index (χ4v) is 9.73. The molecule has 4 aliphatic carbocycles. The van der Waals surface area contributed by atoms with Crippen LogP contribution in [-0.2, 0) is 9.53 Å². The van der Waals surface area contributed by atoms with E-state index >= 15 is 0 Å². The zero-order valence-corrected chi connectivity index (χ0v) is 22.5. The molecule has 4 saturated carbocycles. The predicted molar refractivity (Wildman–Crippen MR) is 143 cm³/mol. The lowest BCUT2D eigenvalue weighted by Gasteiger charge is -2.62. The molecule has 1 unspecified atom stereocenters. The van der Waals surface area contributed by atoms with Crippen molar-refractivity contribution in [2.75, 3.05) is 31.0 Å². The van der Waals surface area contributed by atoms with Crippen molar-refractivity contribution in [2.45, 2.75) is 78.1 Å². The fourth-order valence-electron chi connectivity index (χ4n) is 9.73. The Morgan fingerprint density at radius 1 is 1.14 bits per heavy atom. The van der Waals surface area contributed by atoms with Crippen LogP contribution in [0.3, 0.4) is 0 Å². The smallest absolute Gasteiger partial charge is 0.157 e. The van der Waals surface area contributed by atoms with E-state index in [4.69, 9.17) is 16.3 Å². The summed E-state index contributed by atoms with van der Waals surface area (Å²) < 4.78 is 19.1. The van der Waals surface area contributed by atoms with E-state index < -0.39 is 5.82 Å². The zero-order chi connectivity index (χ0) is 25.7. The number of anilines is 2. The van der Waals surface area contributed by atoms with E-state index in [1.807, 2.05) is 7.11 Å². The summed E-state index contributed by atoms with van der Waals surface area (Å²) in [5, 5.41) is 1.41. The van der Waals surface area contributed by atoms with Crippen LogP contribution in [0, 0.1) is 52.2 Å². The van der Waals surface area contributed by atoms with Gasteiger partial charge in [-0.25, -0.2) is 10.2 Å². The number of fused-ring (bicyclic) bond motifs is 5. The van der Waals surface area contributed by atoms with Crippen molar-refractivity contribution < 1.29 is 13.9 Å². The van der Waals surface area contributed by atoms with Crippen LogP contribution in [-0.4, -0.2) is 26.0 Å². The van der Waals surface area contributed by atoms with Gasteiger partial charge in [0.2, 0.25) is 0 Å². The Hall–Kier alpha value is -1.66. The Kier molecular flexibility index (Phi) is 7.14. The molecular formula is C30H46FN3O2. The molecule has 8 atom stereocenters. The molecule has 4 aliphatic rings. The lowest BCUT2D eigenvalue weighted by molar-refractivity contribution is -0.143. The molecule has 1 aromatic rings. The van der Waals surface area contributed by atoms with Crippen molar-refractivity contribution in [3.05, 3.63) is 24.0 Å². The van der Waals surface area contributed by atoms with Crippen LogP contribution in [0.5, 0.6) is 0 Å². The van der Waals surface area contributed by atoms with Crippen molar-refractivity contribution in [3.63, 3.8) is 0 Å². The van der Waals surface area contributed by atoms with Gasteiger partial charge in [-0.2, -0.15) is 0 Å². The van der Waals surface area contributed by atoms with Gasteiger partial charge in [-0.15, -0.1) is 0 Å². The molecule has 4 N–H and O–H groups in total. The van der Waals surface area contributed by atoms with Crippen molar-refractivity contribution in [1.29, 1.82) is 0 Å². The minimum absolute atomic E-state index is 0.0372. The summed E-state index contributed by atoms with van der Waals surface area (Å²) in [6.07, 6.45) is 12.5. The number of carbonyl (C=O) groups is 1. The summed E-state index contributed by atoms with van der Waals surface area (Å²) in [6.45, 7) is 5.83. The van der Waals surface area contributed by atoms with E-state index in [2.05, 4.69) is 13.8 Å². The first-order valence-electron chi connectivity index (χ1n) is 14.3. The highest BCUT2D eigenvalue weighted by molar-refractivity contribution is 5.87. The molecule has 1 aromatic carbocycles. The third-order valence-electron chi connectivity index (χ3n) is 11.4. The SMILES string of the molecule is COCC[C@]12CC[C@H](C)C[C@H]1CC[C@H]1C3CC[C@H](C(=O)CN(N)c4ccc(F)cc4N)[C@@]3(C)CC[C@@H]12. The number of nitrogens with zero attached hydrogens (tertiary/aromatic N) is 1. The van der Waals surface area contributed by atoms with Gasteiger partial charge < -0.3 is 15.5 Å². The Morgan fingerprint density at radius 2 is 1.94 bits per heavy atom. The topological polar surface area (TPSA) is 81.6 Å². The predicted octanol–water partition coefficient (Wildman–Crippen LogP) is 5.97. The van der Waals surface area contributed by atoms with E-state index in [-0.39, 0.29) is 29.3 Å². The molecule has 36 heavy (non-hydrogen) atoms.